The molecule has 7 atom stereocenters. The summed E-state index contributed by atoms with van der Waals surface area (Å²) in [5.41, 5.74) is -0.00902. The fraction of sp³-hybridized carbons (Fsp3) is 1.00. The topological polar surface area (TPSA) is 45.3 Å². The summed E-state index contributed by atoms with van der Waals surface area (Å²) in [6, 6.07) is 0. The second-order valence-electron chi connectivity index (χ2n) is 10.2. The molecule has 2 saturated carbocycles. The molecule has 2 heterocycles. The lowest BCUT2D eigenvalue weighted by atomic mass is 9.71. The van der Waals surface area contributed by atoms with E-state index in [1.165, 1.54) is 25.7 Å². The second-order valence-corrected chi connectivity index (χ2v) is 10.2. The quantitative estimate of drug-likeness (QED) is 0.797. The number of epoxide rings is 2. The van der Waals surface area contributed by atoms with E-state index in [2.05, 4.69) is 34.6 Å². The van der Waals surface area contributed by atoms with E-state index in [4.69, 9.17) is 9.47 Å². The minimum atomic E-state index is -0.508. The van der Waals surface area contributed by atoms with E-state index in [9.17, 15) is 5.11 Å². The Balaban J connectivity index is 1.48. The Morgan fingerprint density at radius 2 is 1.65 bits per heavy atom. The Kier molecular flexibility index (Phi) is 3.37. The highest BCUT2D eigenvalue weighted by Crippen LogP contribution is 2.63. The molecule has 2 aliphatic heterocycles. The van der Waals surface area contributed by atoms with Crippen molar-refractivity contribution in [3.63, 3.8) is 0 Å². The Bertz CT molecular complexity index is 499. The van der Waals surface area contributed by atoms with Crippen molar-refractivity contribution in [2.45, 2.75) is 109 Å². The number of hydrogen-bond donors (Lipinski definition) is 1. The molecular formula is C20H34O3. The predicted molar refractivity (Wildman–Crippen MR) is 90.3 cm³/mol. The van der Waals surface area contributed by atoms with Gasteiger partial charge >= 0.3 is 0 Å². The maximum absolute atomic E-state index is 11.0. The predicted octanol–water partition coefficient (Wildman–Crippen LogP) is 4.07. The van der Waals surface area contributed by atoms with Gasteiger partial charge in [-0.1, -0.05) is 6.92 Å². The van der Waals surface area contributed by atoms with Gasteiger partial charge in [-0.15, -0.1) is 0 Å². The van der Waals surface area contributed by atoms with Crippen molar-refractivity contribution < 1.29 is 14.6 Å². The molecule has 0 aromatic carbocycles. The lowest BCUT2D eigenvalue weighted by molar-refractivity contribution is 0.00707. The first-order chi connectivity index (χ1) is 10.6. The average molecular weight is 322 g/mol. The molecule has 0 unspecified atom stereocenters. The van der Waals surface area contributed by atoms with Gasteiger partial charge in [0.2, 0.25) is 0 Å². The van der Waals surface area contributed by atoms with E-state index in [-0.39, 0.29) is 11.2 Å². The van der Waals surface area contributed by atoms with Crippen molar-refractivity contribution in [2.24, 2.45) is 17.3 Å². The first kappa shape index (κ1) is 16.4. The van der Waals surface area contributed by atoms with Crippen LogP contribution < -0.4 is 0 Å². The van der Waals surface area contributed by atoms with Crippen LogP contribution in [0, 0.1) is 17.3 Å². The summed E-state index contributed by atoms with van der Waals surface area (Å²) in [4.78, 5) is 0. The zero-order chi connectivity index (χ0) is 16.7. The third-order valence-corrected chi connectivity index (χ3v) is 7.77. The van der Waals surface area contributed by atoms with Gasteiger partial charge in [-0.3, -0.25) is 0 Å². The van der Waals surface area contributed by atoms with Gasteiger partial charge < -0.3 is 14.6 Å². The molecule has 2 saturated heterocycles. The molecule has 4 aliphatic rings. The standard InChI is InChI=1S/C20H34O3/c1-17(2)15(22-17)6-8-18(3)10-11-20(5)16(23-20)7-9-19(4,21)14-12-13(14)18/h13-16,21H,6-12H2,1-5H3/t13-,14-,15-,16-,18-,19-,20-/m0/s1. The molecule has 3 heteroatoms. The van der Waals surface area contributed by atoms with E-state index < -0.39 is 5.60 Å². The number of fused-ring (bicyclic) bond motifs is 2. The summed E-state index contributed by atoms with van der Waals surface area (Å²) in [6.45, 7) is 11.2. The highest BCUT2D eigenvalue weighted by Gasteiger charge is 2.61. The summed E-state index contributed by atoms with van der Waals surface area (Å²) < 4.78 is 11.8. The minimum Gasteiger partial charge on any atom is -0.390 e. The molecule has 4 fully saturated rings. The molecule has 23 heavy (non-hydrogen) atoms. The number of aliphatic hydroxyl groups is 1. The molecule has 0 spiro atoms. The molecular weight excluding hydrogens is 288 g/mol. The lowest BCUT2D eigenvalue weighted by Crippen LogP contribution is -2.34. The summed E-state index contributed by atoms with van der Waals surface area (Å²) in [6.07, 6.45) is 8.72. The summed E-state index contributed by atoms with van der Waals surface area (Å²) >= 11 is 0. The van der Waals surface area contributed by atoms with E-state index in [1.54, 1.807) is 0 Å². The number of rotatable bonds is 3. The molecule has 0 bridgehead atoms. The van der Waals surface area contributed by atoms with Gasteiger partial charge in [0.15, 0.2) is 0 Å². The number of hydrogen-bond acceptors (Lipinski definition) is 3. The van der Waals surface area contributed by atoms with E-state index in [0.29, 0.717) is 29.5 Å². The van der Waals surface area contributed by atoms with Gasteiger partial charge in [-0.25, -0.2) is 0 Å². The van der Waals surface area contributed by atoms with E-state index in [1.807, 2.05) is 0 Å². The Morgan fingerprint density at radius 3 is 2.30 bits per heavy atom. The van der Waals surface area contributed by atoms with Crippen molar-refractivity contribution >= 4 is 0 Å². The summed E-state index contributed by atoms with van der Waals surface area (Å²) in [5.74, 6) is 1.17. The zero-order valence-corrected chi connectivity index (χ0v) is 15.5. The van der Waals surface area contributed by atoms with Crippen LogP contribution in [0.15, 0.2) is 0 Å². The van der Waals surface area contributed by atoms with Crippen LogP contribution in [0.2, 0.25) is 0 Å². The molecule has 1 N–H and O–H groups in total. The lowest BCUT2D eigenvalue weighted by Gasteiger charge is -2.35. The van der Waals surface area contributed by atoms with Crippen LogP contribution in [-0.2, 0) is 9.47 Å². The van der Waals surface area contributed by atoms with E-state index >= 15 is 0 Å². The first-order valence-electron chi connectivity index (χ1n) is 9.64. The van der Waals surface area contributed by atoms with Crippen LogP contribution in [0.3, 0.4) is 0 Å². The minimum absolute atomic E-state index is 0.0778. The fourth-order valence-corrected chi connectivity index (χ4v) is 5.37. The van der Waals surface area contributed by atoms with Crippen molar-refractivity contribution in [3.05, 3.63) is 0 Å². The zero-order valence-electron chi connectivity index (χ0n) is 15.5. The monoisotopic (exact) mass is 322 g/mol. The molecule has 3 nitrogen and oxygen atoms in total. The third-order valence-electron chi connectivity index (χ3n) is 7.77. The normalized spacial score (nSPS) is 57.1. The van der Waals surface area contributed by atoms with Crippen LogP contribution in [0.4, 0.5) is 0 Å². The van der Waals surface area contributed by atoms with Crippen LogP contribution >= 0.6 is 0 Å². The fourth-order valence-electron chi connectivity index (χ4n) is 5.37. The molecule has 0 aromatic rings. The molecule has 132 valence electrons. The first-order valence-corrected chi connectivity index (χ1v) is 9.64. The average Bonchev–Trinajstić information content (AvgIpc) is 3.32. The summed E-state index contributed by atoms with van der Waals surface area (Å²) in [7, 11) is 0. The van der Waals surface area contributed by atoms with Crippen LogP contribution in [0.1, 0.15) is 79.6 Å². The molecule has 2 aliphatic carbocycles. The smallest absolute Gasteiger partial charge is 0.0920 e. The van der Waals surface area contributed by atoms with E-state index in [0.717, 1.165) is 19.3 Å². The Hall–Kier alpha value is -0.120. The van der Waals surface area contributed by atoms with Crippen LogP contribution in [0.25, 0.3) is 0 Å². The maximum Gasteiger partial charge on any atom is 0.0920 e. The van der Waals surface area contributed by atoms with Crippen molar-refractivity contribution in [3.8, 4) is 0 Å². The van der Waals surface area contributed by atoms with Gasteiger partial charge in [0, 0.05) is 0 Å². The van der Waals surface area contributed by atoms with Crippen molar-refractivity contribution in [2.75, 3.05) is 0 Å². The van der Waals surface area contributed by atoms with Gasteiger partial charge in [-0.2, -0.15) is 0 Å². The van der Waals surface area contributed by atoms with Crippen molar-refractivity contribution in [1.82, 2.24) is 0 Å². The second kappa shape index (κ2) is 4.74. The Labute approximate surface area is 141 Å². The van der Waals surface area contributed by atoms with Gasteiger partial charge in [0.05, 0.1) is 29.0 Å². The SMILES string of the molecule is CC1(C)O[C@H]1CC[C@@]1(C)CC[C@]2(C)O[C@H]2CC[C@](C)(O)[C@H]2C[C@@H]21. The highest BCUT2D eigenvalue weighted by atomic mass is 16.6. The van der Waals surface area contributed by atoms with Crippen LogP contribution in [-0.4, -0.2) is 34.1 Å². The molecule has 0 aromatic heterocycles. The largest absolute Gasteiger partial charge is 0.390 e. The maximum atomic E-state index is 11.0. The highest BCUT2D eigenvalue weighted by molar-refractivity contribution is 5.10. The van der Waals surface area contributed by atoms with Gasteiger partial charge in [0.25, 0.3) is 0 Å². The van der Waals surface area contributed by atoms with Gasteiger partial charge in [-0.05, 0) is 89.9 Å². The van der Waals surface area contributed by atoms with Crippen LogP contribution in [0.5, 0.6) is 0 Å². The van der Waals surface area contributed by atoms with Crippen molar-refractivity contribution in [1.29, 1.82) is 0 Å². The Morgan fingerprint density at radius 1 is 0.957 bits per heavy atom. The third kappa shape index (κ3) is 2.87. The molecule has 0 amide bonds. The van der Waals surface area contributed by atoms with Gasteiger partial charge in [0.1, 0.15) is 0 Å². The molecule has 0 radical (unpaired) electrons. The number of ether oxygens (including phenoxy) is 2. The summed E-state index contributed by atoms with van der Waals surface area (Å²) in [5, 5.41) is 11.0. The molecule has 4 rings (SSSR count).